The Morgan fingerprint density at radius 3 is 2.40 bits per heavy atom. The van der Waals surface area contributed by atoms with Gasteiger partial charge >= 0.3 is 18.2 Å². The summed E-state index contributed by atoms with van der Waals surface area (Å²) in [5.74, 6) is 2.72. The van der Waals surface area contributed by atoms with Crippen LogP contribution in [0, 0.1) is 31.6 Å². The van der Waals surface area contributed by atoms with Gasteiger partial charge in [0.25, 0.3) is 0 Å². The summed E-state index contributed by atoms with van der Waals surface area (Å²) in [5.41, 5.74) is -0.284. The molecule has 1 saturated carbocycles. The van der Waals surface area contributed by atoms with E-state index in [2.05, 4.69) is 25.1 Å². The van der Waals surface area contributed by atoms with Crippen molar-refractivity contribution >= 4 is 6.01 Å². The largest absolute Gasteiger partial charge is 0.424 e. The van der Waals surface area contributed by atoms with E-state index in [0.717, 1.165) is 38.1 Å². The normalized spacial score (nSPS) is 22.3. The molecule has 2 aliphatic rings. The third-order valence-corrected chi connectivity index (χ3v) is 6.96. The fourth-order valence-electron chi connectivity index (χ4n) is 5.37. The number of benzene rings is 1. The van der Waals surface area contributed by atoms with Crippen LogP contribution in [0.25, 0.3) is 0 Å². The quantitative estimate of drug-likeness (QED) is 0.459. The molecule has 1 aromatic carbocycles. The van der Waals surface area contributed by atoms with Crippen molar-refractivity contribution in [1.82, 2.24) is 24.9 Å². The van der Waals surface area contributed by atoms with Crippen LogP contribution in [0.1, 0.15) is 55.5 Å². The van der Waals surface area contributed by atoms with Crippen LogP contribution in [0.15, 0.2) is 22.7 Å². The second kappa shape index (κ2) is 8.83. The SMILES string of the molecule is Cc1cc(Oc2nc(CC3[C@@H]4CC[C@H]3CN(c3nc(C)no3)C4)nn2C(C)C)cc(C(F)(F)F)c1. The van der Waals surface area contributed by atoms with Gasteiger partial charge in [0, 0.05) is 19.5 Å². The molecule has 2 fully saturated rings. The maximum atomic E-state index is 13.3. The number of aryl methyl sites for hydroxylation is 2. The van der Waals surface area contributed by atoms with Gasteiger partial charge in [0.1, 0.15) is 5.75 Å². The number of halogens is 3. The zero-order valence-corrected chi connectivity index (χ0v) is 20.2. The average Bonchev–Trinajstić information content (AvgIpc) is 3.43. The average molecular weight is 491 g/mol. The summed E-state index contributed by atoms with van der Waals surface area (Å²) in [6.07, 6.45) is -1.51. The molecule has 2 bridgehead atoms. The molecule has 1 aliphatic heterocycles. The van der Waals surface area contributed by atoms with Crippen LogP contribution >= 0.6 is 0 Å². The van der Waals surface area contributed by atoms with Crippen LogP contribution in [0.2, 0.25) is 0 Å². The van der Waals surface area contributed by atoms with E-state index >= 15 is 0 Å². The van der Waals surface area contributed by atoms with E-state index in [1.54, 1.807) is 17.7 Å². The minimum absolute atomic E-state index is 0.0579. The van der Waals surface area contributed by atoms with Crippen LogP contribution in [0.4, 0.5) is 19.2 Å². The monoisotopic (exact) mass is 490 g/mol. The fraction of sp³-hybridized carbons (Fsp3) is 0.583. The molecule has 3 aromatic rings. The summed E-state index contributed by atoms with van der Waals surface area (Å²) in [7, 11) is 0. The molecule has 1 aliphatic carbocycles. The number of fused-ring (bicyclic) bond motifs is 2. The summed E-state index contributed by atoms with van der Waals surface area (Å²) in [4.78, 5) is 11.2. The summed E-state index contributed by atoms with van der Waals surface area (Å²) in [6, 6.07) is 4.40. The molecule has 1 saturated heterocycles. The Kier molecular flexibility index (Phi) is 5.96. The molecule has 3 atom stereocenters. The van der Waals surface area contributed by atoms with E-state index in [1.807, 2.05) is 20.8 Å². The molecule has 0 N–H and O–H groups in total. The first kappa shape index (κ1) is 23.6. The number of nitrogens with zero attached hydrogens (tertiary/aromatic N) is 6. The molecule has 0 radical (unpaired) electrons. The van der Waals surface area contributed by atoms with E-state index in [0.29, 0.717) is 47.4 Å². The molecule has 3 heterocycles. The summed E-state index contributed by atoms with van der Waals surface area (Å²) in [6.45, 7) is 9.00. The molecule has 1 unspecified atom stereocenters. The lowest BCUT2D eigenvalue weighted by molar-refractivity contribution is -0.137. The van der Waals surface area contributed by atoms with Gasteiger partial charge in [0.2, 0.25) is 0 Å². The van der Waals surface area contributed by atoms with Crippen molar-refractivity contribution in [2.24, 2.45) is 17.8 Å². The number of hydrogen-bond donors (Lipinski definition) is 0. The Morgan fingerprint density at radius 2 is 1.80 bits per heavy atom. The summed E-state index contributed by atoms with van der Waals surface area (Å²) >= 11 is 0. The van der Waals surface area contributed by atoms with E-state index in [4.69, 9.17) is 9.26 Å². The molecule has 2 aromatic heterocycles. The van der Waals surface area contributed by atoms with Gasteiger partial charge in [0.15, 0.2) is 11.6 Å². The van der Waals surface area contributed by atoms with E-state index in [1.165, 1.54) is 0 Å². The van der Waals surface area contributed by atoms with Crippen molar-refractivity contribution in [3.8, 4) is 11.8 Å². The Hall–Kier alpha value is -3.11. The first-order valence-electron chi connectivity index (χ1n) is 11.9. The second-order valence-corrected chi connectivity index (χ2v) is 9.98. The van der Waals surface area contributed by atoms with Crippen LogP contribution in [0.3, 0.4) is 0 Å². The molecule has 188 valence electrons. The number of alkyl halides is 3. The number of hydrogen-bond acceptors (Lipinski definition) is 7. The Labute approximate surface area is 201 Å². The zero-order chi connectivity index (χ0) is 24.9. The summed E-state index contributed by atoms with van der Waals surface area (Å²) in [5, 5.41) is 8.58. The number of piperidine rings is 1. The van der Waals surface area contributed by atoms with Crippen LogP contribution in [-0.2, 0) is 12.6 Å². The Balaban J connectivity index is 1.34. The molecule has 35 heavy (non-hydrogen) atoms. The van der Waals surface area contributed by atoms with Crippen molar-refractivity contribution in [2.45, 2.75) is 59.2 Å². The van der Waals surface area contributed by atoms with Crippen molar-refractivity contribution in [3.05, 3.63) is 41.0 Å². The smallest absolute Gasteiger partial charge is 0.416 e. The highest BCUT2D eigenvalue weighted by Crippen LogP contribution is 2.44. The van der Waals surface area contributed by atoms with Crippen molar-refractivity contribution < 1.29 is 22.4 Å². The zero-order valence-electron chi connectivity index (χ0n) is 20.2. The lowest BCUT2D eigenvalue weighted by Crippen LogP contribution is -2.43. The maximum absolute atomic E-state index is 13.3. The third-order valence-electron chi connectivity index (χ3n) is 6.96. The minimum Gasteiger partial charge on any atom is -0.424 e. The van der Waals surface area contributed by atoms with E-state index in [-0.39, 0.29) is 17.8 Å². The van der Waals surface area contributed by atoms with Crippen molar-refractivity contribution in [2.75, 3.05) is 18.0 Å². The minimum atomic E-state index is -4.45. The topological polar surface area (TPSA) is 82.1 Å². The highest BCUT2D eigenvalue weighted by Gasteiger charge is 2.43. The number of aromatic nitrogens is 5. The number of rotatable bonds is 6. The molecule has 0 spiro atoms. The van der Waals surface area contributed by atoms with Gasteiger partial charge < -0.3 is 14.2 Å². The summed E-state index contributed by atoms with van der Waals surface area (Å²) < 4.78 is 52.7. The maximum Gasteiger partial charge on any atom is 0.416 e. The van der Waals surface area contributed by atoms with Crippen LogP contribution in [-0.4, -0.2) is 38.0 Å². The molecule has 0 amide bonds. The standard InChI is InChI=1S/C24H29F3N6O2/c1-13(2)33-23(34-19-8-14(3)7-18(9-19)24(25,26)27)29-21(30-33)10-20-16-5-6-17(20)12-32(11-16)22-28-15(4)31-35-22/h7-9,13,16-17,20H,5-6,10-12H2,1-4H3/t16-,17+,20?. The van der Waals surface area contributed by atoms with E-state index < -0.39 is 11.7 Å². The van der Waals surface area contributed by atoms with Crippen LogP contribution in [0.5, 0.6) is 11.8 Å². The van der Waals surface area contributed by atoms with Gasteiger partial charge in [-0.2, -0.15) is 28.2 Å². The predicted octanol–water partition coefficient (Wildman–Crippen LogP) is 5.38. The lowest BCUT2D eigenvalue weighted by Gasteiger charge is -2.36. The van der Waals surface area contributed by atoms with Gasteiger partial charge in [-0.3, -0.25) is 0 Å². The van der Waals surface area contributed by atoms with E-state index in [9.17, 15) is 13.2 Å². The van der Waals surface area contributed by atoms with Crippen molar-refractivity contribution in [1.29, 1.82) is 0 Å². The molecule has 11 heteroatoms. The highest BCUT2D eigenvalue weighted by atomic mass is 19.4. The van der Waals surface area contributed by atoms with Gasteiger partial charge in [-0.1, -0.05) is 5.16 Å². The first-order valence-corrected chi connectivity index (χ1v) is 11.9. The predicted molar refractivity (Wildman–Crippen MR) is 121 cm³/mol. The Bertz CT molecular complexity index is 1190. The third kappa shape index (κ3) is 4.85. The van der Waals surface area contributed by atoms with Gasteiger partial charge in [0.05, 0.1) is 11.6 Å². The lowest BCUT2D eigenvalue weighted by atomic mass is 9.82. The number of ether oxygens (including phenoxy) is 1. The first-order chi connectivity index (χ1) is 16.6. The number of anilines is 1. The molecule has 5 rings (SSSR count). The van der Waals surface area contributed by atoms with Crippen molar-refractivity contribution in [3.63, 3.8) is 0 Å². The van der Waals surface area contributed by atoms with Gasteiger partial charge in [-0.25, -0.2) is 4.68 Å². The Morgan fingerprint density at radius 1 is 1.09 bits per heavy atom. The van der Waals surface area contributed by atoms with Crippen LogP contribution < -0.4 is 9.64 Å². The highest BCUT2D eigenvalue weighted by molar-refractivity contribution is 5.36. The fourth-order valence-corrected chi connectivity index (χ4v) is 5.37. The van der Waals surface area contributed by atoms with Gasteiger partial charge in [-0.15, -0.1) is 0 Å². The molecular formula is C24H29F3N6O2. The molecular weight excluding hydrogens is 461 g/mol. The second-order valence-electron chi connectivity index (χ2n) is 9.98. The molecule has 8 nitrogen and oxygen atoms in total. The van der Waals surface area contributed by atoms with Gasteiger partial charge in [-0.05, 0) is 82.1 Å².